The molecule has 0 aromatic rings. The van der Waals surface area contributed by atoms with Gasteiger partial charge in [-0.3, -0.25) is 4.90 Å². The maximum Gasteiger partial charge on any atom is 0.0695 e. The van der Waals surface area contributed by atoms with Crippen LogP contribution in [0.3, 0.4) is 0 Å². The first-order valence-corrected chi connectivity index (χ1v) is 4.97. The summed E-state index contributed by atoms with van der Waals surface area (Å²) in [6.45, 7) is 5.26. The zero-order chi connectivity index (χ0) is 8.39. The van der Waals surface area contributed by atoms with Crippen LogP contribution in [-0.4, -0.2) is 48.8 Å². The molecule has 86 valence electrons. The molecule has 1 heterocycles. The fraction of sp³-hybridized carbons (Fsp3) is 1.00. The highest BCUT2D eigenvalue weighted by atomic mass is 35.5. The second-order valence-electron chi connectivity index (χ2n) is 3.96. The lowest BCUT2D eigenvalue weighted by atomic mass is 10.2. The number of hydrogen-bond donors (Lipinski definition) is 2. The number of aliphatic hydroxyl groups is 1. The zero-order valence-corrected chi connectivity index (χ0v) is 9.95. The van der Waals surface area contributed by atoms with Crippen LogP contribution in [0.1, 0.15) is 12.8 Å². The lowest BCUT2D eigenvalue weighted by Crippen LogP contribution is -2.46. The van der Waals surface area contributed by atoms with Gasteiger partial charge in [0, 0.05) is 32.7 Å². The molecule has 2 N–H and O–H groups in total. The predicted octanol–water partition coefficient (Wildman–Crippen LogP) is 0.506. The minimum atomic E-state index is -0.0527. The van der Waals surface area contributed by atoms with Gasteiger partial charge in [0.25, 0.3) is 0 Å². The van der Waals surface area contributed by atoms with Crippen molar-refractivity contribution in [3.8, 4) is 0 Å². The van der Waals surface area contributed by atoms with E-state index in [-0.39, 0.29) is 30.9 Å². The van der Waals surface area contributed by atoms with E-state index < -0.39 is 0 Å². The highest BCUT2D eigenvalue weighted by molar-refractivity contribution is 5.85. The molecule has 1 aliphatic carbocycles. The highest BCUT2D eigenvalue weighted by Crippen LogP contribution is 2.32. The van der Waals surface area contributed by atoms with Gasteiger partial charge >= 0.3 is 0 Å². The monoisotopic (exact) mass is 242 g/mol. The Hall–Kier alpha value is 0.460. The Morgan fingerprint density at radius 3 is 2.29 bits per heavy atom. The summed E-state index contributed by atoms with van der Waals surface area (Å²) in [5.74, 6) is 0.625. The topological polar surface area (TPSA) is 35.5 Å². The summed E-state index contributed by atoms with van der Waals surface area (Å²) in [7, 11) is 0. The molecule has 2 rings (SSSR count). The SMILES string of the molecule is Cl.Cl.OC(CN1CCNCC1)C1CC1. The summed E-state index contributed by atoms with van der Waals surface area (Å²) >= 11 is 0. The molecular formula is C9H20Cl2N2O. The lowest BCUT2D eigenvalue weighted by molar-refractivity contribution is 0.0890. The molecule has 1 saturated heterocycles. The Balaban J connectivity index is 0.000000845. The second-order valence-corrected chi connectivity index (χ2v) is 3.96. The van der Waals surface area contributed by atoms with Crippen LogP contribution in [0.25, 0.3) is 0 Å². The minimum absolute atomic E-state index is 0. The van der Waals surface area contributed by atoms with Crippen LogP contribution in [0.5, 0.6) is 0 Å². The number of β-amino-alcohol motifs (C(OH)–C–C–N with tert-alkyl or cyclic N) is 1. The van der Waals surface area contributed by atoms with Gasteiger partial charge in [-0.2, -0.15) is 0 Å². The molecule has 1 aliphatic heterocycles. The molecular weight excluding hydrogens is 223 g/mol. The summed E-state index contributed by atoms with van der Waals surface area (Å²) in [4.78, 5) is 2.36. The van der Waals surface area contributed by atoms with Crippen molar-refractivity contribution in [2.45, 2.75) is 18.9 Å². The quantitative estimate of drug-likeness (QED) is 0.758. The summed E-state index contributed by atoms with van der Waals surface area (Å²) in [5, 5.41) is 13.0. The number of piperazine rings is 1. The Morgan fingerprint density at radius 2 is 1.79 bits per heavy atom. The van der Waals surface area contributed by atoms with E-state index in [1.54, 1.807) is 0 Å². The molecule has 0 spiro atoms. The average molecular weight is 243 g/mol. The van der Waals surface area contributed by atoms with Crippen molar-refractivity contribution in [1.82, 2.24) is 10.2 Å². The van der Waals surface area contributed by atoms with E-state index in [2.05, 4.69) is 10.2 Å². The van der Waals surface area contributed by atoms with Crippen molar-refractivity contribution in [3.63, 3.8) is 0 Å². The van der Waals surface area contributed by atoms with Crippen molar-refractivity contribution >= 4 is 24.8 Å². The normalized spacial score (nSPS) is 24.6. The van der Waals surface area contributed by atoms with Crippen molar-refractivity contribution in [2.24, 2.45) is 5.92 Å². The van der Waals surface area contributed by atoms with E-state index in [4.69, 9.17) is 0 Å². The van der Waals surface area contributed by atoms with E-state index in [1.807, 2.05) is 0 Å². The second kappa shape index (κ2) is 6.85. The molecule has 2 aliphatic rings. The van der Waals surface area contributed by atoms with Crippen LogP contribution >= 0.6 is 24.8 Å². The molecule has 14 heavy (non-hydrogen) atoms. The Morgan fingerprint density at radius 1 is 1.21 bits per heavy atom. The number of halogens is 2. The number of aliphatic hydroxyl groups excluding tert-OH is 1. The van der Waals surface area contributed by atoms with Gasteiger partial charge in [0.05, 0.1) is 6.10 Å². The fourth-order valence-electron chi connectivity index (χ4n) is 1.79. The summed E-state index contributed by atoms with van der Waals surface area (Å²) in [6, 6.07) is 0. The van der Waals surface area contributed by atoms with Crippen LogP contribution in [0.4, 0.5) is 0 Å². The van der Waals surface area contributed by atoms with Crippen LogP contribution < -0.4 is 5.32 Å². The van der Waals surface area contributed by atoms with Gasteiger partial charge in [0.1, 0.15) is 0 Å². The van der Waals surface area contributed by atoms with Gasteiger partial charge in [-0.25, -0.2) is 0 Å². The summed E-state index contributed by atoms with van der Waals surface area (Å²) in [5.41, 5.74) is 0. The van der Waals surface area contributed by atoms with E-state index in [1.165, 1.54) is 12.8 Å². The molecule has 1 unspecified atom stereocenters. The molecule has 5 heteroatoms. The van der Waals surface area contributed by atoms with Crippen LogP contribution in [0.15, 0.2) is 0 Å². The average Bonchev–Trinajstić information content (AvgIpc) is 2.88. The molecule has 1 saturated carbocycles. The molecule has 0 aromatic heterocycles. The minimum Gasteiger partial charge on any atom is -0.392 e. The molecule has 0 bridgehead atoms. The van der Waals surface area contributed by atoms with Crippen molar-refractivity contribution in [1.29, 1.82) is 0 Å². The maximum atomic E-state index is 9.68. The van der Waals surface area contributed by atoms with Gasteiger partial charge < -0.3 is 10.4 Å². The number of nitrogens with one attached hydrogen (secondary N) is 1. The van der Waals surface area contributed by atoms with E-state index in [0.29, 0.717) is 5.92 Å². The number of hydrogen-bond acceptors (Lipinski definition) is 3. The van der Waals surface area contributed by atoms with Gasteiger partial charge in [-0.15, -0.1) is 24.8 Å². The van der Waals surface area contributed by atoms with Crippen molar-refractivity contribution in [2.75, 3.05) is 32.7 Å². The van der Waals surface area contributed by atoms with Crippen molar-refractivity contribution < 1.29 is 5.11 Å². The van der Waals surface area contributed by atoms with Gasteiger partial charge in [0.2, 0.25) is 0 Å². The smallest absolute Gasteiger partial charge is 0.0695 e. The molecule has 0 amide bonds. The van der Waals surface area contributed by atoms with Crippen LogP contribution in [0, 0.1) is 5.92 Å². The molecule has 0 aromatic carbocycles. The summed E-state index contributed by atoms with van der Waals surface area (Å²) in [6.07, 6.45) is 2.43. The van der Waals surface area contributed by atoms with E-state index >= 15 is 0 Å². The lowest BCUT2D eigenvalue weighted by Gasteiger charge is -2.29. The third kappa shape index (κ3) is 4.32. The van der Waals surface area contributed by atoms with Gasteiger partial charge in [-0.05, 0) is 18.8 Å². The third-order valence-electron chi connectivity index (χ3n) is 2.82. The molecule has 2 fully saturated rings. The van der Waals surface area contributed by atoms with E-state index in [0.717, 1.165) is 32.7 Å². The number of rotatable bonds is 3. The van der Waals surface area contributed by atoms with Crippen LogP contribution in [-0.2, 0) is 0 Å². The predicted molar refractivity (Wildman–Crippen MR) is 62.5 cm³/mol. The first-order chi connectivity index (χ1) is 5.86. The van der Waals surface area contributed by atoms with Gasteiger partial charge in [-0.1, -0.05) is 0 Å². The van der Waals surface area contributed by atoms with Gasteiger partial charge in [0.15, 0.2) is 0 Å². The Kier molecular flexibility index (Phi) is 7.08. The third-order valence-corrected chi connectivity index (χ3v) is 2.82. The van der Waals surface area contributed by atoms with Crippen LogP contribution in [0.2, 0.25) is 0 Å². The first kappa shape index (κ1) is 14.5. The fourth-order valence-corrected chi connectivity index (χ4v) is 1.79. The largest absolute Gasteiger partial charge is 0.392 e. The zero-order valence-electron chi connectivity index (χ0n) is 8.32. The standard InChI is InChI=1S/C9H18N2O.2ClH/c12-9(8-1-2-8)7-11-5-3-10-4-6-11;;/h8-10,12H,1-7H2;2*1H. The summed E-state index contributed by atoms with van der Waals surface area (Å²) < 4.78 is 0. The molecule has 0 radical (unpaired) electrons. The Labute approximate surface area is 98.1 Å². The number of nitrogens with zero attached hydrogens (tertiary/aromatic N) is 1. The van der Waals surface area contributed by atoms with Crippen molar-refractivity contribution in [3.05, 3.63) is 0 Å². The maximum absolute atomic E-state index is 9.68. The first-order valence-electron chi connectivity index (χ1n) is 4.97. The molecule has 1 atom stereocenters. The highest BCUT2D eigenvalue weighted by Gasteiger charge is 2.30. The molecule has 3 nitrogen and oxygen atoms in total. The van der Waals surface area contributed by atoms with E-state index in [9.17, 15) is 5.11 Å². The Bertz CT molecular complexity index is 150.